The second-order valence-electron chi connectivity index (χ2n) is 10.2. The van der Waals surface area contributed by atoms with Crippen LogP contribution < -0.4 is 15.0 Å². The fourth-order valence-corrected chi connectivity index (χ4v) is 5.73. The number of ether oxygens (including phenoxy) is 1. The first kappa shape index (κ1) is 23.4. The lowest BCUT2D eigenvalue weighted by Crippen LogP contribution is -2.09. The lowest BCUT2D eigenvalue weighted by atomic mass is 10.0. The molecular formula is C37H26N2O2. The number of nitrogens with zero attached hydrogens (tertiary/aromatic N) is 1. The molecule has 7 aromatic rings. The minimum absolute atomic E-state index is 0.227. The Bertz CT molecular complexity index is 1940. The molecule has 1 aromatic heterocycles. The average molecular weight is 531 g/mol. The highest BCUT2D eigenvalue weighted by molar-refractivity contribution is 6.11. The third-order valence-electron chi connectivity index (χ3n) is 7.70. The van der Waals surface area contributed by atoms with E-state index in [9.17, 15) is 0 Å². The summed E-state index contributed by atoms with van der Waals surface area (Å²) in [5.41, 5.74) is 9.34. The predicted octanol–water partition coefficient (Wildman–Crippen LogP) is 10.2. The third-order valence-corrected chi connectivity index (χ3v) is 7.70. The molecule has 2 heterocycles. The van der Waals surface area contributed by atoms with Crippen LogP contribution in [0.4, 0.5) is 22.7 Å². The molecule has 0 spiro atoms. The van der Waals surface area contributed by atoms with Crippen molar-refractivity contribution in [1.82, 2.24) is 0 Å². The van der Waals surface area contributed by atoms with E-state index in [1.807, 2.05) is 42.5 Å². The van der Waals surface area contributed by atoms with Crippen molar-refractivity contribution in [2.24, 2.45) is 0 Å². The van der Waals surface area contributed by atoms with E-state index in [-0.39, 0.29) is 6.23 Å². The zero-order valence-corrected chi connectivity index (χ0v) is 22.2. The Labute approximate surface area is 238 Å². The number of benzene rings is 6. The molecule has 0 saturated carbocycles. The summed E-state index contributed by atoms with van der Waals surface area (Å²) in [6.07, 6.45) is -0.227. The van der Waals surface area contributed by atoms with Crippen molar-refractivity contribution < 1.29 is 9.15 Å². The molecule has 8 rings (SSSR count). The van der Waals surface area contributed by atoms with Gasteiger partial charge in [0.2, 0.25) is 0 Å². The van der Waals surface area contributed by atoms with E-state index >= 15 is 0 Å². The molecule has 4 heteroatoms. The van der Waals surface area contributed by atoms with Crippen LogP contribution in [0.2, 0.25) is 0 Å². The topological polar surface area (TPSA) is 37.6 Å². The van der Waals surface area contributed by atoms with Gasteiger partial charge in [0.25, 0.3) is 0 Å². The lowest BCUT2D eigenvalue weighted by Gasteiger charge is -2.25. The number of hydrogen-bond acceptors (Lipinski definition) is 4. The van der Waals surface area contributed by atoms with Gasteiger partial charge >= 0.3 is 0 Å². The van der Waals surface area contributed by atoms with Gasteiger partial charge in [0.05, 0.1) is 11.1 Å². The number of hydrogen-bond donors (Lipinski definition) is 1. The molecule has 1 atom stereocenters. The van der Waals surface area contributed by atoms with Gasteiger partial charge in [-0.05, 0) is 71.8 Å². The van der Waals surface area contributed by atoms with Crippen molar-refractivity contribution in [1.29, 1.82) is 0 Å². The molecule has 6 aromatic carbocycles. The molecule has 1 aliphatic heterocycles. The summed E-state index contributed by atoms with van der Waals surface area (Å²) in [6.45, 7) is 0. The fraction of sp³-hybridized carbons (Fsp3) is 0.0270. The summed E-state index contributed by atoms with van der Waals surface area (Å²) >= 11 is 0. The van der Waals surface area contributed by atoms with Gasteiger partial charge in [0, 0.05) is 28.0 Å². The maximum Gasteiger partial charge on any atom is 0.196 e. The van der Waals surface area contributed by atoms with Gasteiger partial charge in [-0.25, -0.2) is 0 Å². The highest BCUT2D eigenvalue weighted by Crippen LogP contribution is 2.47. The van der Waals surface area contributed by atoms with Crippen molar-refractivity contribution in [2.45, 2.75) is 6.23 Å². The van der Waals surface area contributed by atoms with E-state index in [0.29, 0.717) is 0 Å². The summed E-state index contributed by atoms with van der Waals surface area (Å²) in [6, 6.07) is 50.3. The summed E-state index contributed by atoms with van der Waals surface area (Å²) in [5, 5.41) is 5.57. The van der Waals surface area contributed by atoms with Crippen LogP contribution in [0.1, 0.15) is 11.8 Å². The van der Waals surface area contributed by atoms with Crippen molar-refractivity contribution in [2.75, 3.05) is 10.2 Å². The van der Waals surface area contributed by atoms with Crippen molar-refractivity contribution in [3.8, 4) is 16.9 Å². The van der Waals surface area contributed by atoms with Gasteiger partial charge in [-0.1, -0.05) is 84.9 Å². The van der Waals surface area contributed by atoms with Gasteiger partial charge in [0.15, 0.2) is 12.0 Å². The van der Waals surface area contributed by atoms with E-state index in [1.54, 1.807) is 0 Å². The summed E-state index contributed by atoms with van der Waals surface area (Å²) in [7, 11) is 0. The number of nitrogens with one attached hydrogen (secondary N) is 1. The molecule has 0 aliphatic carbocycles. The fourth-order valence-electron chi connectivity index (χ4n) is 5.73. The van der Waals surface area contributed by atoms with E-state index in [1.165, 1.54) is 0 Å². The number of rotatable bonds is 5. The average Bonchev–Trinajstić information content (AvgIpc) is 3.64. The van der Waals surface area contributed by atoms with Crippen LogP contribution in [0, 0.1) is 0 Å². The highest BCUT2D eigenvalue weighted by atomic mass is 16.5. The van der Waals surface area contributed by atoms with Crippen molar-refractivity contribution in [3.63, 3.8) is 0 Å². The van der Waals surface area contributed by atoms with Crippen LogP contribution in [0.3, 0.4) is 0 Å². The minimum atomic E-state index is -0.227. The van der Waals surface area contributed by atoms with Gasteiger partial charge in [-0.2, -0.15) is 0 Å². The van der Waals surface area contributed by atoms with E-state index < -0.39 is 0 Å². The standard InChI is InChI=1S/C37H26N2O2/c1-4-10-26(11-5-1)37-38-32-21-23-34-35(36(32)41-37)31-24-27(18-22-33(31)40-34)25-16-19-30(20-17-25)39(28-12-6-2-7-13-28)29-14-8-3-9-15-29/h1-24,37-38H. The number of anilines is 4. The monoisotopic (exact) mass is 530 g/mol. The molecular weight excluding hydrogens is 504 g/mol. The van der Waals surface area contributed by atoms with E-state index in [2.05, 4.69) is 113 Å². The molecule has 1 unspecified atom stereocenters. The Morgan fingerprint density at radius 1 is 0.537 bits per heavy atom. The molecule has 0 radical (unpaired) electrons. The van der Waals surface area contributed by atoms with Crippen molar-refractivity contribution in [3.05, 3.63) is 151 Å². The summed E-state index contributed by atoms with van der Waals surface area (Å²) in [5.74, 6) is 0.837. The molecule has 0 amide bonds. The first-order valence-electron chi connectivity index (χ1n) is 13.8. The molecule has 1 N–H and O–H groups in total. The van der Waals surface area contributed by atoms with Crippen LogP contribution in [0.5, 0.6) is 5.75 Å². The van der Waals surface area contributed by atoms with E-state index in [0.717, 1.165) is 67.1 Å². The Morgan fingerprint density at radius 2 is 1.12 bits per heavy atom. The Hall–Kier alpha value is -5.48. The Kier molecular flexibility index (Phi) is 5.49. The summed E-state index contributed by atoms with van der Waals surface area (Å²) < 4.78 is 12.7. The zero-order chi connectivity index (χ0) is 27.2. The second-order valence-corrected chi connectivity index (χ2v) is 10.2. The SMILES string of the molecule is c1ccc(C2Nc3ccc4oc5ccc(-c6ccc(N(c7ccccc7)c7ccccc7)cc6)cc5c4c3O2)cc1. The molecule has 1 aliphatic rings. The first-order valence-corrected chi connectivity index (χ1v) is 13.8. The lowest BCUT2D eigenvalue weighted by molar-refractivity contribution is 0.263. The largest absolute Gasteiger partial charge is 0.464 e. The van der Waals surface area contributed by atoms with Crippen molar-refractivity contribution >= 4 is 44.7 Å². The smallest absolute Gasteiger partial charge is 0.196 e. The molecule has 41 heavy (non-hydrogen) atoms. The molecule has 0 bridgehead atoms. The molecule has 0 fully saturated rings. The molecule has 196 valence electrons. The van der Waals surface area contributed by atoms with Crippen LogP contribution in [0.15, 0.2) is 150 Å². The highest BCUT2D eigenvalue weighted by Gasteiger charge is 2.27. The minimum Gasteiger partial charge on any atom is -0.464 e. The third kappa shape index (κ3) is 4.09. The number of para-hydroxylation sites is 2. The second kappa shape index (κ2) is 9.61. The van der Waals surface area contributed by atoms with Crippen LogP contribution in [-0.4, -0.2) is 0 Å². The van der Waals surface area contributed by atoms with Gasteiger partial charge < -0.3 is 19.4 Å². The first-order chi connectivity index (χ1) is 20.3. The van der Waals surface area contributed by atoms with Gasteiger partial charge in [-0.15, -0.1) is 0 Å². The van der Waals surface area contributed by atoms with Gasteiger partial charge in [0.1, 0.15) is 11.2 Å². The molecule has 4 nitrogen and oxygen atoms in total. The maximum absolute atomic E-state index is 6.47. The van der Waals surface area contributed by atoms with Crippen LogP contribution in [-0.2, 0) is 0 Å². The van der Waals surface area contributed by atoms with Gasteiger partial charge in [-0.3, -0.25) is 0 Å². The van der Waals surface area contributed by atoms with Crippen LogP contribution in [0.25, 0.3) is 33.1 Å². The summed E-state index contributed by atoms with van der Waals surface area (Å²) in [4.78, 5) is 2.27. The Balaban J connectivity index is 1.17. The maximum atomic E-state index is 6.47. The van der Waals surface area contributed by atoms with E-state index in [4.69, 9.17) is 9.15 Å². The quantitative estimate of drug-likeness (QED) is 0.240. The van der Waals surface area contributed by atoms with Crippen LogP contribution >= 0.6 is 0 Å². The number of fused-ring (bicyclic) bond motifs is 5. The zero-order valence-electron chi connectivity index (χ0n) is 22.2. The molecule has 0 saturated heterocycles. The normalized spacial score (nSPS) is 14.0. The predicted molar refractivity (Wildman–Crippen MR) is 167 cm³/mol. The Morgan fingerprint density at radius 3 is 1.80 bits per heavy atom. The number of furan rings is 1.